The molecule has 1 fully saturated rings. The number of benzene rings is 2. The van der Waals surface area contributed by atoms with Gasteiger partial charge in [-0.05, 0) is 61.7 Å². The molecular weight excluding hydrogens is 411 g/mol. The van der Waals surface area contributed by atoms with E-state index in [2.05, 4.69) is 5.32 Å². The molecule has 5 nitrogen and oxygen atoms in total. The minimum absolute atomic E-state index is 0.0171. The lowest BCUT2D eigenvalue weighted by Gasteiger charge is -2.33. The summed E-state index contributed by atoms with van der Waals surface area (Å²) in [6.07, 6.45) is 1.20. The molecule has 0 radical (unpaired) electrons. The van der Waals surface area contributed by atoms with E-state index in [-0.39, 0.29) is 17.9 Å². The zero-order valence-corrected chi connectivity index (χ0v) is 17.7. The van der Waals surface area contributed by atoms with E-state index in [0.717, 1.165) is 18.4 Å². The van der Waals surface area contributed by atoms with Crippen LogP contribution in [0.15, 0.2) is 48.5 Å². The van der Waals surface area contributed by atoms with Crippen LogP contribution in [0.1, 0.15) is 25.3 Å². The number of hydrogen-bond acceptors (Lipinski definition) is 3. The third-order valence-electron chi connectivity index (χ3n) is 4.92. The van der Waals surface area contributed by atoms with Gasteiger partial charge in [0.25, 0.3) is 5.91 Å². The van der Waals surface area contributed by atoms with Gasteiger partial charge >= 0.3 is 0 Å². The lowest BCUT2D eigenvalue weighted by Crippen LogP contribution is -2.49. The minimum Gasteiger partial charge on any atom is -0.481 e. The summed E-state index contributed by atoms with van der Waals surface area (Å²) >= 11 is 11.7. The molecule has 1 heterocycles. The highest BCUT2D eigenvalue weighted by atomic mass is 35.5. The number of amides is 2. The van der Waals surface area contributed by atoms with E-state index >= 15 is 0 Å². The summed E-state index contributed by atoms with van der Waals surface area (Å²) in [7, 11) is 0. The molecular formula is C22H24Cl2N2O3. The molecule has 2 aromatic rings. The zero-order valence-electron chi connectivity index (χ0n) is 16.2. The van der Waals surface area contributed by atoms with Crippen LogP contribution < -0.4 is 10.1 Å². The molecule has 29 heavy (non-hydrogen) atoms. The number of rotatable bonds is 6. The highest BCUT2D eigenvalue weighted by Crippen LogP contribution is 2.19. The van der Waals surface area contributed by atoms with Gasteiger partial charge in [-0.1, -0.05) is 35.3 Å². The van der Waals surface area contributed by atoms with Crippen molar-refractivity contribution in [1.82, 2.24) is 10.2 Å². The molecule has 1 atom stereocenters. The summed E-state index contributed by atoms with van der Waals surface area (Å²) in [5.41, 5.74) is 0.924. The Morgan fingerprint density at radius 3 is 2.17 bits per heavy atom. The second kappa shape index (κ2) is 9.99. The van der Waals surface area contributed by atoms with Crippen LogP contribution in [0.2, 0.25) is 10.0 Å². The SMILES string of the molecule is CC(Oc1ccc(Cl)cc1)C(=O)N1CCC(NC(=O)Cc2ccc(Cl)cc2)CC1. The number of hydrogen-bond donors (Lipinski definition) is 1. The molecule has 1 N–H and O–H groups in total. The number of piperidine rings is 1. The lowest BCUT2D eigenvalue weighted by atomic mass is 10.0. The van der Waals surface area contributed by atoms with Gasteiger partial charge in [0.05, 0.1) is 6.42 Å². The van der Waals surface area contributed by atoms with Gasteiger partial charge in [0, 0.05) is 29.2 Å². The molecule has 1 saturated heterocycles. The molecule has 0 spiro atoms. The number of carbonyl (C=O) groups excluding carboxylic acids is 2. The fourth-order valence-corrected chi connectivity index (χ4v) is 3.59. The molecule has 0 aromatic heterocycles. The Morgan fingerprint density at radius 2 is 1.59 bits per heavy atom. The van der Waals surface area contributed by atoms with Gasteiger partial charge in [-0.15, -0.1) is 0 Å². The molecule has 0 aliphatic carbocycles. The molecule has 7 heteroatoms. The van der Waals surface area contributed by atoms with Crippen LogP contribution in [0, 0.1) is 0 Å². The second-order valence-corrected chi connectivity index (χ2v) is 8.06. The van der Waals surface area contributed by atoms with Crippen molar-refractivity contribution in [2.24, 2.45) is 0 Å². The molecule has 1 aliphatic rings. The van der Waals surface area contributed by atoms with E-state index in [1.165, 1.54) is 0 Å². The Kier molecular flexibility index (Phi) is 7.40. The summed E-state index contributed by atoms with van der Waals surface area (Å²) in [5.74, 6) is 0.544. The summed E-state index contributed by atoms with van der Waals surface area (Å²) in [6, 6.07) is 14.3. The van der Waals surface area contributed by atoms with E-state index in [4.69, 9.17) is 27.9 Å². The molecule has 0 bridgehead atoms. The van der Waals surface area contributed by atoms with Crippen LogP contribution in [0.5, 0.6) is 5.75 Å². The van der Waals surface area contributed by atoms with Gasteiger partial charge < -0.3 is 15.0 Å². The number of carbonyl (C=O) groups is 2. The predicted octanol–water partition coefficient (Wildman–Crippen LogP) is 4.11. The first-order valence-corrected chi connectivity index (χ1v) is 10.4. The first-order chi connectivity index (χ1) is 13.9. The maximum absolute atomic E-state index is 12.6. The number of likely N-dealkylation sites (tertiary alicyclic amines) is 1. The average Bonchev–Trinajstić information content (AvgIpc) is 2.71. The lowest BCUT2D eigenvalue weighted by molar-refractivity contribution is -0.139. The van der Waals surface area contributed by atoms with Crippen LogP contribution in [-0.4, -0.2) is 41.9 Å². The number of halogens is 2. The van der Waals surface area contributed by atoms with Crippen LogP contribution in [0.25, 0.3) is 0 Å². The molecule has 2 aromatic carbocycles. The van der Waals surface area contributed by atoms with E-state index < -0.39 is 6.10 Å². The molecule has 3 rings (SSSR count). The average molecular weight is 435 g/mol. The van der Waals surface area contributed by atoms with Crippen LogP contribution >= 0.6 is 23.2 Å². The van der Waals surface area contributed by atoms with Gasteiger partial charge in [0.1, 0.15) is 5.75 Å². The topological polar surface area (TPSA) is 58.6 Å². The number of nitrogens with one attached hydrogen (secondary N) is 1. The van der Waals surface area contributed by atoms with Gasteiger partial charge in [-0.2, -0.15) is 0 Å². The van der Waals surface area contributed by atoms with Gasteiger partial charge in [-0.25, -0.2) is 0 Å². The summed E-state index contributed by atoms with van der Waals surface area (Å²) in [4.78, 5) is 26.7. The Morgan fingerprint density at radius 1 is 1.03 bits per heavy atom. The third kappa shape index (κ3) is 6.38. The fraction of sp³-hybridized carbons (Fsp3) is 0.364. The van der Waals surface area contributed by atoms with Crippen LogP contribution in [0.4, 0.5) is 0 Å². The third-order valence-corrected chi connectivity index (χ3v) is 5.43. The van der Waals surface area contributed by atoms with Crippen LogP contribution in [-0.2, 0) is 16.0 Å². The highest BCUT2D eigenvalue weighted by molar-refractivity contribution is 6.30. The summed E-state index contributed by atoms with van der Waals surface area (Å²) in [6.45, 7) is 2.94. The van der Waals surface area contributed by atoms with E-state index in [0.29, 0.717) is 35.3 Å². The normalized spacial score (nSPS) is 15.6. The smallest absolute Gasteiger partial charge is 0.263 e. The quantitative estimate of drug-likeness (QED) is 0.743. The Bertz CT molecular complexity index is 832. The Hall–Kier alpha value is -2.24. The van der Waals surface area contributed by atoms with Gasteiger partial charge in [0.15, 0.2) is 6.10 Å². The maximum Gasteiger partial charge on any atom is 0.263 e. The van der Waals surface area contributed by atoms with Crippen molar-refractivity contribution >= 4 is 35.0 Å². The fourth-order valence-electron chi connectivity index (χ4n) is 3.34. The first-order valence-electron chi connectivity index (χ1n) is 9.65. The predicted molar refractivity (Wildman–Crippen MR) is 114 cm³/mol. The molecule has 154 valence electrons. The highest BCUT2D eigenvalue weighted by Gasteiger charge is 2.27. The number of nitrogens with zero attached hydrogens (tertiary/aromatic N) is 1. The second-order valence-electron chi connectivity index (χ2n) is 7.18. The van der Waals surface area contributed by atoms with Crippen molar-refractivity contribution in [3.8, 4) is 5.75 Å². The van der Waals surface area contributed by atoms with Gasteiger partial charge in [0.2, 0.25) is 5.91 Å². The summed E-state index contributed by atoms with van der Waals surface area (Å²) < 4.78 is 5.72. The first kappa shape index (κ1) is 21.5. The van der Waals surface area contributed by atoms with Crippen molar-refractivity contribution in [3.63, 3.8) is 0 Å². The number of ether oxygens (including phenoxy) is 1. The van der Waals surface area contributed by atoms with Crippen molar-refractivity contribution in [1.29, 1.82) is 0 Å². The largest absolute Gasteiger partial charge is 0.481 e. The zero-order chi connectivity index (χ0) is 20.8. The summed E-state index contributed by atoms with van der Waals surface area (Å²) in [5, 5.41) is 4.34. The Labute approximate surface area is 180 Å². The minimum atomic E-state index is -0.577. The van der Waals surface area contributed by atoms with Gasteiger partial charge in [-0.3, -0.25) is 9.59 Å². The molecule has 1 unspecified atom stereocenters. The molecule has 0 saturated carbocycles. The van der Waals surface area contributed by atoms with E-state index in [1.807, 2.05) is 12.1 Å². The monoisotopic (exact) mass is 434 g/mol. The maximum atomic E-state index is 12.6. The standard InChI is InChI=1S/C22H24Cl2N2O3/c1-15(29-20-8-6-18(24)7-9-20)22(28)26-12-10-19(11-13-26)25-21(27)14-16-2-4-17(23)5-3-16/h2-9,15,19H,10-14H2,1H3,(H,25,27). The van der Waals surface area contributed by atoms with E-state index in [1.54, 1.807) is 48.2 Å². The van der Waals surface area contributed by atoms with E-state index in [9.17, 15) is 9.59 Å². The van der Waals surface area contributed by atoms with Crippen molar-refractivity contribution in [2.45, 2.75) is 38.3 Å². The van der Waals surface area contributed by atoms with Crippen molar-refractivity contribution in [2.75, 3.05) is 13.1 Å². The van der Waals surface area contributed by atoms with Crippen molar-refractivity contribution in [3.05, 3.63) is 64.1 Å². The molecule has 2 amide bonds. The Balaban J connectivity index is 1.43. The molecule has 1 aliphatic heterocycles. The van der Waals surface area contributed by atoms with Crippen molar-refractivity contribution < 1.29 is 14.3 Å². The van der Waals surface area contributed by atoms with Crippen LogP contribution in [0.3, 0.4) is 0 Å².